The minimum atomic E-state index is -1.13. The molecule has 0 aliphatic heterocycles. The first-order valence-corrected chi connectivity index (χ1v) is 13.6. The highest BCUT2D eigenvalue weighted by Crippen LogP contribution is 2.50. The number of carbonyl (C=O) groups excluding carboxylic acids is 3. The van der Waals surface area contributed by atoms with E-state index in [-0.39, 0.29) is 48.3 Å². The third-order valence-electron chi connectivity index (χ3n) is 6.59. The van der Waals surface area contributed by atoms with E-state index in [4.69, 9.17) is 14.2 Å². The number of aromatic hydroxyl groups is 2. The largest absolute Gasteiger partial charge is 0.507 e. The van der Waals surface area contributed by atoms with Gasteiger partial charge < -0.3 is 29.7 Å². The normalized spacial score (nSPS) is 12.0. The first-order valence-electron chi connectivity index (χ1n) is 13.6. The Balaban J connectivity index is 2.04. The van der Waals surface area contributed by atoms with Gasteiger partial charge in [-0.25, -0.2) is 9.18 Å². The molecule has 0 fully saturated rings. The van der Waals surface area contributed by atoms with Gasteiger partial charge in [0.2, 0.25) is 11.6 Å². The van der Waals surface area contributed by atoms with Gasteiger partial charge in [0.1, 0.15) is 11.5 Å². The Morgan fingerprint density at radius 1 is 0.805 bits per heavy atom. The van der Waals surface area contributed by atoms with Crippen LogP contribution in [-0.2, 0) is 4.74 Å². The molecule has 0 bridgehead atoms. The van der Waals surface area contributed by atoms with Crippen LogP contribution in [0.1, 0.15) is 88.7 Å². The quantitative estimate of drug-likeness (QED) is 0.103. The molecular formula is C31H32FNO8. The SMILES string of the molecule is CCCCOc1c(F)c2c(c(Nc3ccccc3C(=O)OCC)c1OCCCC)C(=O)c1c(O)ccc(O)c1C2=O. The van der Waals surface area contributed by atoms with Crippen molar-refractivity contribution in [2.45, 2.75) is 46.5 Å². The summed E-state index contributed by atoms with van der Waals surface area (Å²) >= 11 is 0. The Labute approximate surface area is 236 Å². The summed E-state index contributed by atoms with van der Waals surface area (Å²) in [5.74, 6) is -5.38. The standard InChI is InChI=1S/C31H32FNO8/c1-4-7-15-40-29-25(32)23-24(28(37)22-20(35)14-13-19(34)21(22)27(23)36)26(30(29)41-16-8-5-2)33-18-12-10-9-11-17(18)31(38)39-6-3/h9-14,33-35H,4-8,15-16H2,1-3H3. The Morgan fingerprint density at radius 3 is 1.95 bits per heavy atom. The highest BCUT2D eigenvalue weighted by Gasteiger charge is 2.42. The number of nitrogens with one attached hydrogen (secondary N) is 1. The van der Waals surface area contributed by atoms with Crippen LogP contribution in [0.15, 0.2) is 36.4 Å². The molecule has 0 saturated carbocycles. The molecule has 0 amide bonds. The second kappa shape index (κ2) is 12.7. The molecule has 4 rings (SSSR count). The molecule has 41 heavy (non-hydrogen) atoms. The fourth-order valence-electron chi connectivity index (χ4n) is 4.54. The van der Waals surface area contributed by atoms with E-state index in [9.17, 15) is 24.6 Å². The van der Waals surface area contributed by atoms with E-state index in [2.05, 4.69) is 5.32 Å². The average Bonchev–Trinajstić information content (AvgIpc) is 2.95. The van der Waals surface area contributed by atoms with E-state index in [0.717, 1.165) is 25.0 Å². The molecule has 0 spiro atoms. The lowest BCUT2D eigenvalue weighted by atomic mass is 9.81. The molecule has 216 valence electrons. The maximum atomic E-state index is 16.3. The summed E-state index contributed by atoms with van der Waals surface area (Å²) in [4.78, 5) is 40.4. The summed E-state index contributed by atoms with van der Waals surface area (Å²) in [6.45, 7) is 5.88. The van der Waals surface area contributed by atoms with Gasteiger partial charge in [-0.05, 0) is 44.0 Å². The van der Waals surface area contributed by atoms with Gasteiger partial charge >= 0.3 is 5.97 Å². The molecule has 9 nitrogen and oxygen atoms in total. The topological polar surface area (TPSA) is 131 Å². The molecule has 1 aliphatic carbocycles. The van der Waals surface area contributed by atoms with Crippen LogP contribution >= 0.6 is 0 Å². The molecule has 0 heterocycles. The lowest BCUT2D eigenvalue weighted by Gasteiger charge is -2.27. The van der Waals surface area contributed by atoms with Crippen molar-refractivity contribution in [1.82, 2.24) is 0 Å². The lowest BCUT2D eigenvalue weighted by molar-refractivity contribution is 0.0527. The van der Waals surface area contributed by atoms with Crippen LogP contribution in [0, 0.1) is 5.82 Å². The Morgan fingerprint density at radius 2 is 1.37 bits per heavy atom. The molecular weight excluding hydrogens is 533 g/mol. The zero-order chi connectivity index (χ0) is 29.7. The number of hydrogen-bond donors (Lipinski definition) is 3. The molecule has 3 aromatic rings. The highest BCUT2D eigenvalue weighted by molar-refractivity contribution is 6.32. The van der Waals surface area contributed by atoms with Gasteiger partial charge in [-0.15, -0.1) is 0 Å². The van der Waals surface area contributed by atoms with Gasteiger partial charge in [-0.3, -0.25) is 9.59 Å². The second-order valence-corrected chi connectivity index (χ2v) is 9.40. The molecule has 0 aromatic heterocycles. The van der Waals surface area contributed by atoms with Crippen LogP contribution in [0.3, 0.4) is 0 Å². The van der Waals surface area contributed by atoms with E-state index in [0.29, 0.717) is 12.8 Å². The highest BCUT2D eigenvalue weighted by atomic mass is 19.1. The average molecular weight is 566 g/mol. The first kappa shape index (κ1) is 29.4. The number of esters is 1. The summed E-state index contributed by atoms with van der Waals surface area (Å²) in [7, 11) is 0. The van der Waals surface area contributed by atoms with Gasteiger partial charge in [-0.1, -0.05) is 38.8 Å². The molecule has 0 atom stereocenters. The monoisotopic (exact) mass is 565 g/mol. The Kier molecular flexibility index (Phi) is 9.11. The number of rotatable bonds is 12. The fourth-order valence-corrected chi connectivity index (χ4v) is 4.54. The van der Waals surface area contributed by atoms with Crippen molar-refractivity contribution in [2.75, 3.05) is 25.1 Å². The molecule has 0 radical (unpaired) electrons. The van der Waals surface area contributed by atoms with Crippen molar-refractivity contribution in [2.24, 2.45) is 0 Å². The Hall–Kier alpha value is -4.60. The zero-order valence-corrected chi connectivity index (χ0v) is 23.1. The molecule has 10 heteroatoms. The number of phenolic OH excluding ortho intramolecular Hbond substituents is 2. The van der Waals surface area contributed by atoms with Crippen LogP contribution in [-0.4, -0.2) is 47.6 Å². The van der Waals surface area contributed by atoms with Crippen LogP contribution in [0.4, 0.5) is 15.8 Å². The third kappa shape index (κ3) is 5.54. The van der Waals surface area contributed by atoms with Crippen molar-refractivity contribution < 1.29 is 43.2 Å². The molecule has 3 aromatic carbocycles. The van der Waals surface area contributed by atoms with Gasteiger partial charge in [0.15, 0.2) is 17.3 Å². The summed E-state index contributed by atoms with van der Waals surface area (Å²) in [5, 5.41) is 24.0. The number of ether oxygens (including phenoxy) is 3. The summed E-state index contributed by atoms with van der Waals surface area (Å²) in [6, 6.07) is 8.47. The zero-order valence-electron chi connectivity index (χ0n) is 23.1. The van der Waals surface area contributed by atoms with Gasteiger partial charge in [0, 0.05) is 0 Å². The Bertz CT molecular complexity index is 1500. The van der Waals surface area contributed by atoms with Gasteiger partial charge in [-0.2, -0.15) is 0 Å². The van der Waals surface area contributed by atoms with Gasteiger partial charge in [0.05, 0.1) is 59.0 Å². The number of fused-ring (bicyclic) bond motifs is 2. The van der Waals surface area contributed by atoms with Crippen molar-refractivity contribution >= 4 is 28.9 Å². The minimum absolute atomic E-state index is 0.0972. The predicted molar refractivity (Wildman–Crippen MR) is 150 cm³/mol. The summed E-state index contributed by atoms with van der Waals surface area (Å²) in [6.07, 6.45) is 2.67. The number of hydrogen-bond acceptors (Lipinski definition) is 9. The summed E-state index contributed by atoms with van der Waals surface area (Å²) < 4.78 is 33.3. The van der Waals surface area contributed by atoms with Crippen molar-refractivity contribution in [3.8, 4) is 23.0 Å². The smallest absolute Gasteiger partial charge is 0.340 e. The third-order valence-corrected chi connectivity index (χ3v) is 6.59. The first-order chi connectivity index (χ1) is 19.8. The van der Waals surface area contributed by atoms with E-state index < -0.39 is 57.1 Å². The number of benzene rings is 3. The second-order valence-electron chi connectivity index (χ2n) is 9.40. The molecule has 1 aliphatic rings. The van der Waals surface area contributed by atoms with Crippen LogP contribution in [0.5, 0.6) is 23.0 Å². The molecule has 0 saturated heterocycles. The van der Waals surface area contributed by atoms with E-state index in [1.807, 2.05) is 13.8 Å². The van der Waals surface area contributed by atoms with Gasteiger partial charge in [0.25, 0.3) is 0 Å². The van der Waals surface area contributed by atoms with Crippen molar-refractivity contribution in [3.63, 3.8) is 0 Å². The lowest BCUT2D eigenvalue weighted by Crippen LogP contribution is -2.25. The number of phenols is 2. The number of ketones is 2. The number of halogens is 1. The van der Waals surface area contributed by atoms with Crippen molar-refractivity contribution in [1.29, 1.82) is 0 Å². The maximum Gasteiger partial charge on any atom is 0.340 e. The molecule has 0 unspecified atom stereocenters. The predicted octanol–water partition coefficient (Wildman–Crippen LogP) is 6.29. The minimum Gasteiger partial charge on any atom is -0.507 e. The molecule has 3 N–H and O–H groups in total. The number of anilines is 2. The fraction of sp³-hybridized carbons (Fsp3) is 0.323. The van der Waals surface area contributed by atoms with Crippen molar-refractivity contribution in [3.05, 3.63) is 70.0 Å². The van der Waals surface area contributed by atoms with E-state index >= 15 is 4.39 Å². The van der Waals surface area contributed by atoms with Crippen LogP contribution in [0.25, 0.3) is 0 Å². The number of carbonyl (C=O) groups is 3. The van der Waals surface area contributed by atoms with Crippen LogP contribution in [0.2, 0.25) is 0 Å². The number of para-hydroxylation sites is 1. The van der Waals surface area contributed by atoms with Crippen LogP contribution < -0.4 is 14.8 Å². The van der Waals surface area contributed by atoms with E-state index in [1.54, 1.807) is 25.1 Å². The van der Waals surface area contributed by atoms with E-state index in [1.165, 1.54) is 6.07 Å². The maximum absolute atomic E-state index is 16.3. The summed E-state index contributed by atoms with van der Waals surface area (Å²) in [5.41, 5.74) is -1.85. The number of unbranched alkanes of at least 4 members (excludes halogenated alkanes) is 2.